The predicted octanol–water partition coefficient (Wildman–Crippen LogP) is 6.69. The summed E-state index contributed by atoms with van der Waals surface area (Å²) in [6.07, 6.45) is 3.37. The fourth-order valence-corrected chi connectivity index (χ4v) is 6.14. The molecule has 0 bridgehead atoms. The summed E-state index contributed by atoms with van der Waals surface area (Å²) >= 11 is 17.9. The Morgan fingerprint density at radius 3 is 2.62 bits per heavy atom. The van der Waals surface area contributed by atoms with E-state index < -0.39 is 0 Å². The quantitative estimate of drug-likeness (QED) is 0.307. The van der Waals surface area contributed by atoms with Gasteiger partial charge in [-0.3, -0.25) is 9.78 Å². The van der Waals surface area contributed by atoms with E-state index in [1.807, 2.05) is 31.2 Å². The number of ether oxygens (including phenoxy) is 1. The number of halogens is 4. The number of hydrogen-bond donors (Lipinski definition) is 0. The van der Waals surface area contributed by atoms with E-state index >= 15 is 0 Å². The number of likely N-dealkylation sites (N-methyl/N-ethyl adjacent to an activating group) is 1. The Morgan fingerprint density at radius 1 is 1.31 bits per heavy atom. The number of rotatable bonds is 6. The Balaban J connectivity index is 1.71. The van der Waals surface area contributed by atoms with Gasteiger partial charge in [0.1, 0.15) is 22.2 Å². The molecule has 2 aromatic heterocycles. The van der Waals surface area contributed by atoms with Crippen molar-refractivity contribution >= 4 is 76.6 Å². The molecule has 3 rings (SSSR count). The van der Waals surface area contributed by atoms with Gasteiger partial charge in [0.25, 0.3) is 5.91 Å². The van der Waals surface area contributed by atoms with Gasteiger partial charge in [-0.1, -0.05) is 27.5 Å². The summed E-state index contributed by atoms with van der Waals surface area (Å²) in [5.74, 6) is 0.475. The molecule has 29 heavy (non-hydrogen) atoms. The summed E-state index contributed by atoms with van der Waals surface area (Å²) < 4.78 is 8.48. The van der Waals surface area contributed by atoms with Crippen LogP contribution in [0.15, 0.2) is 50.1 Å². The molecule has 152 valence electrons. The summed E-state index contributed by atoms with van der Waals surface area (Å²) in [6.45, 7) is 2.22. The maximum atomic E-state index is 13.0. The lowest BCUT2D eigenvalue weighted by molar-refractivity contribution is 0.0700. The number of hydrogen-bond acceptors (Lipinski definition) is 5. The third kappa shape index (κ3) is 5.38. The lowest BCUT2D eigenvalue weighted by Gasteiger charge is -2.25. The molecule has 1 unspecified atom stereocenters. The van der Waals surface area contributed by atoms with Crippen molar-refractivity contribution in [2.24, 2.45) is 0 Å². The van der Waals surface area contributed by atoms with Crippen LogP contribution in [-0.2, 0) is 0 Å². The van der Waals surface area contributed by atoms with Crippen molar-refractivity contribution in [1.82, 2.24) is 14.9 Å². The fraction of sp³-hybridized carbons (Fsp3) is 0.211. The molecule has 0 aliphatic heterocycles. The first-order valence-electron chi connectivity index (χ1n) is 8.39. The smallest absolute Gasteiger partial charge is 0.267 e. The third-order valence-corrected chi connectivity index (χ3v) is 7.22. The average molecular weight is 625 g/mol. The molecule has 2 heterocycles. The first kappa shape index (κ1) is 22.7. The van der Waals surface area contributed by atoms with E-state index in [0.29, 0.717) is 22.2 Å². The minimum atomic E-state index is -0.201. The summed E-state index contributed by atoms with van der Waals surface area (Å²) in [4.78, 5) is 23.4. The fourth-order valence-electron chi connectivity index (χ4n) is 2.39. The number of benzene rings is 1. The molecule has 0 aliphatic rings. The van der Waals surface area contributed by atoms with Gasteiger partial charge in [-0.05, 0) is 63.0 Å². The van der Waals surface area contributed by atoms with Crippen molar-refractivity contribution in [3.63, 3.8) is 0 Å². The molecule has 1 amide bonds. The number of amides is 1. The maximum absolute atomic E-state index is 13.0. The second-order valence-electron chi connectivity index (χ2n) is 6.16. The Labute approximate surface area is 202 Å². The SMILES string of the molecule is CC(COc1c(Br)cc(Br)cc1Br)N(C)C(=O)c1sc(-c2cccnc2)nc1Cl. The molecular formula is C19H15Br3ClN3O2S. The minimum Gasteiger partial charge on any atom is -0.489 e. The minimum absolute atomic E-state index is 0.190. The second kappa shape index (κ2) is 9.87. The highest BCUT2D eigenvalue weighted by Gasteiger charge is 2.24. The van der Waals surface area contributed by atoms with E-state index in [4.69, 9.17) is 16.3 Å². The zero-order chi connectivity index (χ0) is 21.1. The Morgan fingerprint density at radius 2 is 2.00 bits per heavy atom. The van der Waals surface area contributed by atoms with Gasteiger partial charge in [-0.25, -0.2) is 4.98 Å². The summed E-state index contributed by atoms with van der Waals surface area (Å²) in [7, 11) is 1.72. The molecular weight excluding hydrogens is 609 g/mol. The summed E-state index contributed by atoms with van der Waals surface area (Å²) in [5.41, 5.74) is 0.822. The number of pyridine rings is 1. The molecule has 10 heteroatoms. The largest absolute Gasteiger partial charge is 0.489 e. The lowest BCUT2D eigenvalue weighted by Crippen LogP contribution is -2.38. The van der Waals surface area contributed by atoms with Gasteiger partial charge >= 0.3 is 0 Å². The average Bonchev–Trinajstić information content (AvgIpc) is 3.08. The molecule has 0 spiro atoms. The Hall–Kier alpha value is -1.00. The van der Waals surface area contributed by atoms with Crippen molar-refractivity contribution in [1.29, 1.82) is 0 Å². The molecule has 5 nitrogen and oxygen atoms in total. The topological polar surface area (TPSA) is 55.3 Å². The van der Waals surface area contributed by atoms with E-state index in [1.165, 1.54) is 11.3 Å². The maximum Gasteiger partial charge on any atom is 0.267 e. The van der Waals surface area contributed by atoms with Crippen molar-refractivity contribution in [3.05, 3.63) is 60.1 Å². The molecule has 0 fully saturated rings. The van der Waals surface area contributed by atoms with Crippen LogP contribution >= 0.6 is 70.7 Å². The van der Waals surface area contributed by atoms with E-state index in [9.17, 15) is 4.79 Å². The highest BCUT2D eigenvalue weighted by atomic mass is 79.9. The van der Waals surface area contributed by atoms with E-state index in [-0.39, 0.29) is 17.1 Å². The summed E-state index contributed by atoms with van der Waals surface area (Å²) in [5, 5.41) is 0.851. The highest BCUT2D eigenvalue weighted by molar-refractivity contribution is 9.11. The number of carbonyl (C=O) groups excluding carboxylic acids is 1. The van der Waals surface area contributed by atoms with Gasteiger partial charge in [0.2, 0.25) is 0 Å². The predicted molar refractivity (Wildman–Crippen MR) is 127 cm³/mol. The highest BCUT2D eigenvalue weighted by Crippen LogP contribution is 2.37. The van der Waals surface area contributed by atoms with Crippen molar-refractivity contribution in [3.8, 4) is 16.3 Å². The van der Waals surface area contributed by atoms with E-state index in [1.54, 1.807) is 24.3 Å². The van der Waals surface area contributed by atoms with Crippen LogP contribution in [0, 0.1) is 0 Å². The van der Waals surface area contributed by atoms with Gasteiger partial charge in [0.05, 0.1) is 15.0 Å². The van der Waals surface area contributed by atoms with Crippen LogP contribution in [0.2, 0.25) is 5.15 Å². The Kier molecular flexibility index (Phi) is 7.72. The molecule has 3 aromatic rings. The van der Waals surface area contributed by atoms with Crippen molar-refractivity contribution in [2.45, 2.75) is 13.0 Å². The monoisotopic (exact) mass is 621 g/mol. The number of nitrogens with zero attached hydrogens (tertiary/aromatic N) is 3. The standard InChI is InChI=1S/C19H15Br3ClN3O2S/c1-10(9-28-15-13(21)6-12(20)7-14(15)22)26(2)19(27)16-17(23)25-18(29-16)11-4-3-5-24-8-11/h3-8,10H,9H2,1-2H3. The van der Waals surface area contributed by atoms with Crippen LogP contribution in [0.5, 0.6) is 5.75 Å². The summed E-state index contributed by atoms with van der Waals surface area (Å²) in [6, 6.07) is 7.30. The van der Waals surface area contributed by atoms with Crippen LogP contribution in [0.4, 0.5) is 0 Å². The van der Waals surface area contributed by atoms with Gasteiger partial charge in [0, 0.05) is 29.5 Å². The van der Waals surface area contributed by atoms with E-state index in [0.717, 1.165) is 19.0 Å². The number of carbonyl (C=O) groups is 1. The molecule has 0 radical (unpaired) electrons. The third-order valence-electron chi connectivity index (χ3n) is 4.10. The van der Waals surface area contributed by atoms with E-state index in [2.05, 4.69) is 57.8 Å². The first-order chi connectivity index (χ1) is 13.8. The van der Waals surface area contributed by atoms with Crippen LogP contribution in [0.25, 0.3) is 10.6 Å². The Bertz CT molecular complexity index is 1010. The molecule has 0 saturated carbocycles. The van der Waals surface area contributed by atoms with Crippen LogP contribution in [0.3, 0.4) is 0 Å². The van der Waals surface area contributed by atoms with Gasteiger partial charge in [0.15, 0.2) is 5.15 Å². The second-order valence-corrected chi connectivity index (χ2v) is 10.1. The van der Waals surface area contributed by atoms with Crippen molar-refractivity contribution < 1.29 is 9.53 Å². The molecule has 0 N–H and O–H groups in total. The zero-order valence-corrected chi connectivity index (χ0v) is 21.7. The normalized spacial score (nSPS) is 11.9. The molecule has 1 atom stereocenters. The lowest BCUT2D eigenvalue weighted by atomic mass is 10.3. The van der Waals surface area contributed by atoms with Crippen LogP contribution in [0.1, 0.15) is 16.6 Å². The van der Waals surface area contributed by atoms with Crippen LogP contribution in [-0.4, -0.2) is 40.5 Å². The van der Waals surface area contributed by atoms with Gasteiger partial charge in [-0.2, -0.15) is 0 Å². The van der Waals surface area contributed by atoms with Gasteiger partial charge < -0.3 is 9.64 Å². The number of aromatic nitrogens is 2. The first-order valence-corrected chi connectivity index (χ1v) is 12.0. The molecule has 1 aromatic carbocycles. The number of thiazole rings is 1. The van der Waals surface area contributed by atoms with Crippen molar-refractivity contribution in [2.75, 3.05) is 13.7 Å². The molecule has 0 saturated heterocycles. The van der Waals surface area contributed by atoms with Gasteiger partial charge in [-0.15, -0.1) is 11.3 Å². The molecule has 0 aliphatic carbocycles. The van der Waals surface area contributed by atoms with Crippen LogP contribution < -0.4 is 4.74 Å². The zero-order valence-electron chi connectivity index (χ0n) is 15.3.